The van der Waals surface area contributed by atoms with Crippen LogP contribution in [0.4, 0.5) is 5.69 Å². The fourth-order valence-corrected chi connectivity index (χ4v) is 1.68. The van der Waals surface area contributed by atoms with Crippen LogP contribution in [0.2, 0.25) is 0 Å². The Kier molecular flexibility index (Phi) is 3.01. The van der Waals surface area contributed by atoms with Crippen molar-refractivity contribution < 1.29 is 13.5 Å². The highest BCUT2D eigenvalue weighted by Crippen LogP contribution is 2.23. The molecule has 0 fully saturated rings. The molecule has 0 aliphatic heterocycles. The number of phenols is 1. The van der Waals surface area contributed by atoms with Crippen LogP contribution in [0.5, 0.6) is 5.75 Å². The average molecular weight is 313 g/mol. The van der Waals surface area contributed by atoms with Gasteiger partial charge in [-0.25, -0.2) is 8.42 Å². The largest absolute Gasteiger partial charge is 0.507 e. The molecule has 0 heterocycles. The molecule has 72 valence electrons. The predicted molar refractivity (Wildman–Crippen MR) is 59.3 cm³/mol. The van der Waals surface area contributed by atoms with E-state index in [1.807, 2.05) is 22.6 Å². The first kappa shape index (κ1) is 10.6. The molecule has 0 aromatic heterocycles. The van der Waals surface area contributed by atoms with E-state index in [4.69, 9.17) is 0 Å². The molecule has 0 atom stereocenters. The van der Waals surface area contributed by atoms with Crippen LogP contribution in [0.1, 0.15) is 0 Å². The molecule has 6 heteroatoms. The Labute approximate surface area is 90.2 Å². The molecule has 13 heavy (non-hydrogen) atoms. The number of hydrogen-bond acceptors (Lipinski definition) is 3. The van der Waals surface area contributed by atoms with Crippen LogP contribution >= 0.6 is 22.6 Å². The highest BCUT2D eigenvalue weighted by atomic mass is 127. The first-order valence-electron chi connectivity index (χ1n) is 3.35. The van der Waals surface area contributed by atoms with Crippen molar-refractivity contribution in [1.82, 2.24) is 0 Å². The van der Waals surface area contributed by atoms with E-state index in [-0.39, 0.29) is 5.75 Å². The zero-order chi connectivity index (χ0) is 10.1. The Bertz CT molecular complexity index is 416. The van der Waals surface area contributed by atoms with Gasteiger partial charge in [-0.3, -0.25) is 4.72 Å². The molecule has 1 rings (SSSR count). The van der Waals surface area contributed by atoms with E-state index < -0.39 is 10.0 Å². The second kappa shape index (κ2) is 3.70. The minimum Gasteiger partial charge on any atom is -0.507 e. The third kappa shape index (κ3) is 3.39. The maximum absolute atomic E-state index is 10.8. The molecule has 0 unspecified atom stereocenters. The number of rotatable bonds is 2. The van der Waals surface area contributed by atoms with Crippen molar-refractivity contribution in [2.24, 2.45) is 0 Å². The van der Waals surface area contributed by atoms with Gasteiger partial charge in [-0.15, -0.1) is 0 Å². The number of phenolic OH excluding ortho intramolecular Hbond substituents is 1. The highest BCUT2D eigenvalue weighted by Gasteiger charge is 2.03. The second-order valence-electron chi connectivity index (χ2n) is 2.54. The maximum Gasteiger partial charge on any atom is 0.229 e. The summed E-state index contributed by atoms with van der Waals surface area (Å²) >= 11 is 1.95. The molecular weight excluding hydrogens is 305 g/mol. The second-order valence-corrected chi connectivity index (χ2v) is 5.45. The van der Waals surface area contributed by atoms with Crippen LogP contribution in [0.3, 0.4) is 0 Å². The first-order valence-corrected chi connectivity index (χ1v) is 6.32. The lowest BCUT2D eigenvalue weighted by molar-refractivity contribution is 0.472. The third-order valence-electron chi connectivity index (χ3n) is 1.25. The van der Waals surface area contributed by atoms with E-state index in [1.54, 1.807) is 12.1 Å². The molecule has 0 bridgehead atoms. The first-order chi connectivity index (χ1) is 5.88. The van der Waals surface area contributed by atoms with Crippen molar-refractivity contribution in [3.05, 3.63) is 21.8 Å². The molecule has 4 nitrogen and oxygen atoms in total. The van der Waals surface area contributed by atoms with Gasteiger partial charge in [0.15, 0.2) is 0 Å². The summed E-state index contributed by atoms with van der Waals surface area (Å²) in [5.74, 6) is 0.0641. The van der Waals surface area contributed by atoms with Gasteiger partial charge in [-0.05, 0) is 34.7 Å². The minimum atomic E-state index is -3.27. The van der Waals surface area contributed by atoms with Gasteiger partial charge in [-0.1, -0.05) is 0 Å². The number of benzene rings is 1. The number of halogens is 1. The molecular formula is C7H8INO3S. The van der Waals surface area contributed by atoms with E-state index in [9.17, 15) is 13.5 Å². The Balaban J connectivity index is 2.99. The lowest BCUT2D eigenvalue weighted by Crippen LogP contribution is -2.09. The van der Waals surface area contributed by atoms with Crippen molar-refractivity contribution in [3.8, 4) is 5.75 Å². The van der Waals surface area contributed by atoms with Crippen LogP contribution < -0.4 is 4.72 Å². The summed E-state index contributed by atoms with van der Waals surface area (Å²) in [6, 6.07) is 4.58. The molecule has 1 aromatic carbocycles. The van der Waals surface area contributed by atoms with Crippen molar-refractivity contribution in [3.63, 3.8) is 0 Å². The normalized spacial score (nSPS) is 11.2. The number of nitrogens with one attached hydrogen (secondary N) is 1. The molecule has 2 N–H and O–H groups in total. The quantitative estimate of drug-likeness (QED) is 0.811. The zero-order valence-corrected chi connectivity index (χ0v) is 9.76. The molecule has 1 aromatic rings. The molecule has 0 spiro atoms. The Hall–Kier alpha value is -0.500. The predicted octanol–water partition coefficient (Wildman–Crippen LogP) is 1.37. The fraction of sp³-hybridized carbons (Fsp3) is 0.143. The van der Waals surface area contributed by atoms with Crippen LogP contribution in [-0.2, 0) is 10.0 Å². The standard InChI is InChI=1S/C7H8INO3S/c1-13(11,12)9-5-2-3-6(8)7(10)4-5/h2-4,9-10H,1H3. The van der Waals surface area contributed by atoms with E-state index in [0.29, 0.717) is 9.26 Å². The van der Waals surface area contributed by atoms with Crippen molar-refractivity contribution in [2.45, 2.75) is 0 Å². The molecule has 0 saturated carbocycles. The number of hydrogen-bond donors (Lipinski definition) is 2. The Morgan fingerprint density at radius 2 is 2.08 bits per heavy atom. The highest BCUT2D eigenvalue weighted by molar-refractivity contribution is 14.1. The summed E-state index contributed by atoms with van der Waals surface area (Å²) in [5.41, 5.74) is 0.361. The van der Waals surface area contributed by atoms with Gasteiger partial charge in [0, 0.05) is 6.07 Å². The molecule has 0 aliphatic rings. The smallest absolute Gasteiger partial charge is 0.229 e. The van der Waals surface area contributed by atoms with Gasteiger partial charge in [0.05, 0.1) is 15.5 Å². The summed E-state index contributed by atoms with van der Waals surface area (Å²) in [5, 5.41) is 9.25. The lowest BCUT2D eigenvalue weighted by atomic mass is 10.3. The average Bonchev–Trinajstić information content (AvgIpc) is 1.94. The zero-order valence-electron chi connectivity index (χ0n) is 6.78. The van der Waals surface area contributed by atoms with Gasteiger partial charge in [0.25, 0.3) is 0 Å². The van der Waals surface area contributed by atoms with Gasteiger partial charge in [0.1, 0.15) is 5.75 Å². The molecule has 0 radical (unpaired) electrons. The summed E-state index contributed by atoms with van der Waals surface area (Å²) in [7, 11) is -3.27. The van der Waals surface area contributed by atoms with Gasteiger partial charge in [0.2, 0.25) is 10.0 Å². The summed E-state index contributed by atoms with van der Waals surface area (Å²) < 4.78 is 24.5. The van der Waals surface area contributed by atoms with Crippen molar-refractivity contribution in [2.75, 3.05) is 11.0 Å². The Morgan fingerprint density at radius 1 is 1.46 bits per heavy atom. The third-order valence-corrected chi connectivity index (χ3v) is 2.77. The van der Waals surface area contributed by atoms with E-state index in [1.165, 1.54) is 6.07 Å². The van der Waals surface area contributed by atoms with Crippen LogP contribution in [0.15, 0.2) is 18.2 Å². The van der Waals surface area contributed by atoms with Crippen LogP contribution in [0, 0.1) is 3.57 Å². The minimum absolute atomic E-state index is 0.0641. The van der Waals surface area contributed by atoms with Crippen LogP contribution in [-0.4, -0.2) is 19.8 Å². The maximum atomic E-state index is 10.8. The van der Waals surface area contributed by atoms with E-state index >= 15 is 0 Å². The topological polar surface area (TPSA) is 66.4 Å². The number of aromatic hydroxyl groups is 1. The van der Waals surface area contributed by atoms with Crippen molar-refractivity contribution in [1.29, 1.82) is 0 Å². The lowest BCUT2D eigenvalue weighted by Gasteiger charge is -2.04. The van der Waals surface area contributed by atoms with Gasteiger partial charge >= 0.3 is 0 Å². The van der Waals surface area contributed by atoms with Crippen molar-refractivity contribution >= 4 is 38.3 Å². The fourth-order valence-electron chi connectivity index (χ4n) is 0.790. The summed E-state index contributed by atoms with van der Waals surface area (Å²) in [4.78, 5) is 0. The van der Waals surface area contributed by atoms with E-state index in [0.717, 1.165) is 6.26 Å². The van der Waals surface area contributed by atoms with Crippen LogP contribution in [0.25, 0.3) is 0 Å². The molecule has 0 saturated heterocycles. The Morgan fingerprint density at radius 3 is 2.54 bits per heavy atom. The molecule has 0 aliphatic carbocycles. The molecule has 0 amide bonds. The number of sulfonamides is 1. The van der Waals surface area contributed by atoms with Gasteiger partial charge in [-0.2, -0.15) is 0 Å². The summed E-state index contributed by atoms with van der Waals surface area (Å²) in [6.45, 7) is 0. The van der Waals surface area contributed by atoms with E-state index in [2.05, 4.69) is 4.72 Å². The van der Waals surface area contributed by atoms with Gasteiger partial charge < -0.3 is 5.11 Å². The SMILES string of the molecule is CS(=O)(=O)Nc1ccc(I)c(O)c1. The summed E-state index contributed by atoms with van der Waals surface area (Å²) in [6.07, 6.45) is 1.06. The number of anilines is 1. The monoisotopic (exact) mass is 313 g/mol.